The van der Waals surface area contributed by atoms with Gasteiger partial charge in [0.25, 0.3) is 5.91 Å². The lowest BCUT2D eigenvalue weighted by Gasteiger charge is -2.26. The van der Waals surface area contributed by atoms with Crippen LogP contribution in [0.5, 0.6) is 0 Å². The fourth-order valence-corrected chi connectivity index (χ4v) is 3.91. The molecular weight excluding hydrogens is 407 g/mol. The van der Waals surface area contributed by atoms with Crippen LogP contribution in [0.25, 0.3) is 5.69 Å². The molecule has 0 bridgehead atoms. The molecule has 3 aromatic rings. The van der Waals surface area contributed by atoms with Crippen molar-refractivity contribution in [2.45, 2.75) is 20.4 Å². The first-order chi connectivity index (χ1) is 15.5. The summed E-state index contributed by atoms with van der Waals surface area (Å²) in [5.41, 5.74) is 8.04. The number of carbonyl (C=O) groups is 1. The second kappa shape index (κ2) is 9.89. The van der Waals surface area contributed by atoms with E-state index < -0.39 is 0 Å². The van der Waals surface area contributed by atoms with Crippen molar-refractivity contribution in [3.05, 3.63) is 88.5 Å². The van der Waals surface area contributed by atoms with Gasteiger partial charge in [0.2, 0.25) is 0 Å². The minimum Gasteiger partial charge on any atom is -0.379 e. The van der Waals surface area contributed by atoms with Gasteiger partial charge in [-0.2, -0.15) is 5.10 Å². The van der Waals surface area contributed by atoms with Crippen LogP contribution >= 0.6 is 0 Å². The number of aromatic nitrogens is 1. The van der Waals surface area contributed by atoms with Gasteiger partial charge in [-0.15, -0.1) is 0 Å². The Labute approximate surface area is 187 Å². The molecule has 1 aliphatic heterocycles. The van der Waals surface area contributed by atoms with Gasteiger partial charge < -0.3 is 9.30 Å². The standard InChI is InChI=1S/C25H27FN4O2/c1-18-15-22(19(2)30(18)24-9-7-23(26)8-10-24)16-27-28-25(31)21-5-3-20(4-6-21)17-29-11-13-32-14-12-29/h3-10,15-16H,11-14,17H2,1-2H3,(H,28,31)/b27-16+. The lowest BCUT2D eigenvalue weighted by molar-refractivity contribution is 0.0342. The number of benzene rings is 2. The van der Waals surface area contributed by atoms with Crippen molar-refractivity contribution in [2.24, 2.45) is 5.10 Å². The Hall–Kier alpha value is -3.29. The van der Waals surface area contributed by atoms with Gasteiger partial charge in [-0.25, -0.2) is 9.82 Å². The van der Waals surface area contributed by atoms with Crippen molar-refractivity contribution in [3.63, 3.8) is 0 Å². The van der Waals surface area contributed by atoms with Crippen molar-refractivity contribution < 1.29 is 13.9 Å². The van der Waals surface area contributed by atoms with Crippen LogP contribution in [0.1, 0.15) is 32.9 Å². The van der Waals surface area contributed by atoms with E-state index in [0.29, 0.717) is 5.56 Å². The number of aryl methyl sites for hydroxylation is 1. The van der Waals surface area contributed by atoms with E-state index in [1.807, 2.05) is 48.7 Å². The Balaban J connectivity index is 1.38. The van der Waals surface area contributed by atoms with Crippen LogP contribution in [0.15, 0.2) is 59.7 Å². The number of nitrogens with one attached hydrogen (secondary N) is 1. The van der Waals surface area contributed by atoms with Crippen LogP contribution in [-0.4, -0.2) is 47.9 Å². The maximum absolute atomic E-state index is 13.2. The van der Waals surface area contributed by atoms with E-state index in [4.69, 9.17) is 4.74 Å². The van der Waals surface area contributed by atoms with E-state index in [0.717, 1.165) is 55.5 Å². The molecule has 1 aliphatic rings. The Bertz CT molecular complexity index is 1100. The minimum atomic E-state index is -0.269. The molecule has 4 rings (SSSR count). The largest absolute Gasteiger partial charge is 0.379 e. The molecule has 0 saturated carbocycles. The molecule has 0 unspecified atom stereocenters. The molecule has 1 saturated heterocycles. The number of morpholine rings is 1. The average molecular weight is 435 g/mol. The predicted molar refractivity (Wildman–Crippen MR) is 123 cm³/mol. The maximum atomic E-state index is 13.2. The molecule has 2 aromatic carbocycles. The number of hydrazone groups is 1. The van der Waals surface area contributed by atoms with Gasteiger partial charge in [0.05, 0.1) is 19.4 Å². The Morgan fingerprint density at radius 2 is 1.78 bits per heavy atom. The van der Waals surface area contributed by atoms with Crippen molar-refractivity contribution in [1.29, 1.82) is 0 Å². The van der Waals surface area contributed by atoms with E-state index in [1.54, 1.807) is 18.3 Å². The number of ether oxygens (including phenoxy) is 1. The third-order valence-corrected chi connectivity index (χ3v) is 5.65. The number of hydrogen-bond acceptors (Lipinski definition) is 4. The summed E-state index contributed by atoms with van der Waals surface area (Å²) >= 11 is 0. The molecule has 7 heteroatoms. The fourth-order valence-electron chi connectivity index (χ4n) is 3.91. The second-order valence-corrected chi connectivity index (χ2v) is 7.92. The molecule has 1 aromatic heterocycles. The van der Waals surface area contributed by atoms with Gasteiger partial charge >= 0.3 is 0 Å². The molecular formula is C25H27FN4O2. The molecule has 32 heavy (non-hydrogen) atoms. The lowest BCUT2D eigenvalue weighted by Crippen LogP contribution is -2.35. The van der Waals surface area contributed by atoms with E-state index in [1.165, 1.54) is 17.7 Å². The molecule has 6 nitrogen and oxygen atoms in total. The summed E-state index contributed by atoms with van der Waals surface area (Å²) in [6, 6.07) is 15.9. The Morgan fingerprint density at radius 3 is 2.47 bits per heavy atom. The molecule has 1 amide bonds. The fraction of sp³-hybridized carbons (Fsp3) is 0.280. The van der Waals surface area contributed by atoms with E-state index in [2.05, 4.69) is 15.4 Å². The SMILES string of the molecule is Cc1cc(/C=N/NC(=O)c2ccc(CN3CCOCC3)cc2)c(C)n1-c1ccc(F)cc1. The first-order valence-corrected chi connectivity index (χ1v) is 10.7. The van der Waals surface area contributed by atoms with Gasteiger partial charge in [0.15, 0.2) is 0 Å². The van der Waals surface area contributed by atoms with Crippen LogP contribution in [0.4, 0.5) is 4.39 Å². The molecule has 0 atom stereocenters. The Morgan fingerprint density at radius 1 is 1.09 bits per heavy atom. The van der Waals surface area contributed by atoms with Crippen LogP contribution in [0.2, 0.25) is 0 Å². The third-order valence-electron chi connectivity index (χ3n) is 5.65. The van der Waals surface area contributed by atoms with Crippen molar-refractivity contribution in [3.8, 4) is 5.69 Å². The highest BCUT2D eigenvalue weighted by Crippen LogP contribution is 2.20. The number of hydrogen-bond donors (Lipinski definition) is 1. The highest BCUT2D eigenvalue weighted by molar-refractivity contribution is 5.95. The molecule has 0 spiro atoms. The van der Waals surface area contributed by atoms with Gasteiger partial charge in [-0.05, 0) is 61.9 Å². The second-order valence-electron chi connectivity index (χ2n) is 7.92. The van der Waals surface area contributed by atoms with Gasteiger partial charge in [0.1, 0.15) is 5.82 Å². The quantitative estimate of drug-likeness (QED) is 0.474. The van der Waals surface area contributed by atoms with E-state index >= 15 is 0 Å². The number of rotatable bonds is 6. The highest BCUT2D eigenvalue weighted by Gasteiger charge is 2.12. The van der Waals surface area contributed by atoms with Crippen molar-refractivity contribution in [2.75, 3.05) is 26.3 Å². The number of halogens is 1. The zero-order valence-corrected chi connectivity index (χ0v) is 18.3. The van der Waals surface area contributed by atoms with E-state index in [-0.39, 0.29) is 11.7 Å². The number of carbonyl (C=O) groups excluding carboxylic acids is 1. The van der Waals surface area contributed by atoms with Gasteiger partial charge in [0, 0.05) is 47.8 Å². The molecule has 0 aliphatic carbocycles. The van der Waals surface area contributed by atoms with Crippen LogP contribution < -0.4 is 5.43 Å². The lowest BCUT2D eigenvalue weighted by atomic mass is 10.1. The predicted octanol–water partition coefficient (Wildman–Crippen LogP) is 3.83. The zero-order valence-electron chi connectivity index (χ0n) is 18.3. The maximum Gasteiger partial charge on any atom is 0.271 e. The van der Waals surface area contributed by atoms with Crippen LogP contribution in [0.3, 0.4) is 0 Å². The molecule has 0 radical (unpaired) electrons. The first kappa shape index (κ1) is 21.9. The average Bonchev–Trinajstić information content (AvgIpc) is 3.08. The molecule has 166 valence electrons. The number of nitrogens with zero attached hydrogens (tertiary/aromatic N) is 3. The zero-order chi connectivity index (χ0) is 22.5. The summed E-state index contributed by atoms with van der Waals surface area (Å²) in [6.07, 6.45) is 1.63. The summed E-state index contributed by atoms with van der Waals surface area (Å²) in [4.78, 5) is 14.8. The number of amides is 1. The third kappa shape index (κ3) is 5.12. The molecule has 1 fully saturated rings. The highest BCUT2D eigenvalue weighted by atomic mass is 19.1. The topological polar surface area (TPSA) is 58.9 Å². The van der Waals surface area contributed by atoms with Crippen molar-refractivity contribution in [1.82, 2.24) is 14.9 Å². The normalized spacial score (nSPS) is 14.7. The van der Waals surface area contributed by atoms with E-state index in [9.17, 15) is 9.18 Å². The summed E-state index contributed by atoms with van der Waals surface area (Å²) in [6.45, 7) is 8.19. The van der Waals surface area contributed by atoms with Crippen LogP contribution in [0, 0.1) is 19.7 Å². The summed E-state index contributed by atoms with van der Waals surface area (Å²) in [7, 11) is 0. The first-order valence-electron chi connectivity index (χ1n) is 10.7. The van der Waals surface area contributed by atoms with Crippen molar-refractivity contribution >= 4 is 12.1 Å². The minimum absolute atomic E-state index is 0.258. The van der Waals surface area contributed by atoms with Gasteiger partial charge in [-0.3, -0.25) is 9.69 Å². The molecule has 2 heterocycles. The van der Waals surface area contributed by atoms with Crippen LogP contribution in [-0.2, 0) is 11.3 Å². The summed E-state index contributed by atoms with van der Waals surface area (Å²) < 4.78 is 20.6. The monoisotopic (exact) mass is 434 g/mol. The summed E-state index contributed by atoms with van der Waals surface area (Å²) in [5.74, 6) is -0.527. The smallest absolute Gasteiger partial charge is 0.271 e. The summed E-state index contributed by atoms with van der Waals surface area (Å²) in [5, 5.41) is 4.14. The van der Waals surface area contributed by atoms with Gasteiger partial charge in [-0.1, -0.05) is 12.1 Å². The molecule has 1 N–H and O–H groups in total. The Kier molecular flexibility index (Phi) is 6.78.